The van der Waals surface area contributed by atoms with Crippen LogP contribution in [-0.4, -0.2) is 37.5 Å². The van der Waals surface area contributed by atoms with Crippen LogP contribution in [0.1, 0.15) is 98.8 Å². The number of unbranched alkanes of at least 4 members (excludes halogenated alkanes) is 5. The Balaban J connectivity index is 0. The van der Waals surface area contributed by atoms with Crippen molar-refractivity contribution in [2.24, 2.45) is 0 Å². The molecule has 0 amide bonds. The minimum absolute atomic E-state index is 0.519. The highest BCUT2D eigenvalue weighted by Crippen LogP contribution is 2.57. The molecule has 0 saturated heterocycles. The Kier molecular flexibility index (Phi) is 23.7. The molecular formula is C21H49P2+. The molecule has 0 spiro atoms. The molecule has 0 atom stereocenters. The second-order valence-corrected chi connectivity index (χ2v) is 13.4. The predicted octanol–water partition coefficient (Wildman–Crippen LogP) is 8.30. The van der Waals surface area contributed by atoms with Crippen LogP contribution < -0.4 is 0 Å². The van der Waals surface area contributed by atoms with E-state index in [1.54, 1.807) is 18.5 Å². The fourth-order valence-electron chi connectivity index (χ4n) is 2.68. The van der Waals surface area contributed by atoms with E-state index in [-0.39, 0.29) is 0 Å². The lowest BCUT2D eigenvalue weighted by Crippen LogP contribution is -2.07. The molecule has 23 heavy (non-hydrogen) atoms. The van der Waals surface area contributed by atoms with E-state index < -0.39 is 7.26 Å². The first kappa shape index (κ1) is 26.1. The van der Waals surface area contributed by atoms with Crippen molar-refractivity contribution in [3.8, 4) is 0 Å². The molecule has 0 unspecified atom stereocenters. The van der Waals surface area contributed by atoms with E-state index in [9.17, 15) is 0 Å². The van der Waals surface area contributed by atoms with E-state index in [0.29, 0.717) is 0 Å². The van der Waals surface area contributed by atoms with Gasteiger partial charge in [-0.3, -0.25) is 0 Å². The van der Waals surface area contributed by atoms with Gasteiger partial charge in [0.25, 0.3) is 0 Å². The van der Waals surface area contributed by atoms with Gasteiger partial charge < -0.3 is 0 Å². The molecule has 2 heteroatoms. The van der Waals surface area contributed by atoms with Crippen LogP contribution in [0.5, 0.6) is 0 Å². The number of hydrogen-bond acceptors (Lipinski definition) is 0. The molecule has 0 radical (unpaired) electrons. The van der Waals surface area contributed by atoms with Crippen molar-refractivity contribution in [3.05, 3.63) is 0 Å². The maximum atomic E-state index is 2.62. The van der Waals surface area contributed by atoms with Crippen molar-refractivity contribution in [2.45, 2.75) is 98.8 Å². The minimum Gasteiger partial charge on any atom is -0.122 e. The zero-order valence-corrected chi connectivity index (χ0v) is 19.4. The summed E-state index contributed by atoms with van der Waals surface area (Å²) in [6.45, 7) is 14.1. The highest BCUT2D eigenvalue weighted by atomic mass is 31.2. The average Bonchev–Trinajstić information content (AvgIpc) is 2.57. The Bertz CT molecular complexity index is 176. The van der Waals surface area contributed by atoms with Crippen LogP contribution in [-0.2, 0) is 0 Å². The first-order valence-electron chi connectivity index (χ1n) is 10.6. The zero-order chi connectivity index (χ0) is 17.8. The quantitative estimate of drug-likeness (QED) is 0.203. The van der Waals surface area contributed by atoms with Gasteiger partial charge in [-0.1, -0.05) is 66.7 Å². The topological polar surface area (TPSA) is 0 Å². The normalized spacial score (nSPS) is 11.2. The molecule has 0 aliphatic heterocycles. The summed E-state index contributed by atoms with van der Waals surface area (Å²) in [5.41, 5.74) is 0. The number of hydrogen-bond donors (Lipinski definition) is 0. The standard InChI is InChI=1S/C13H30P.C8H19P/c1-5-8-11-14(4,12-9-6-2)13-10-7-3;1-3-5-7-9-8-6-4-2/h5-13H2,1-4H3;9H,3-8H2,1-2H3/q+1;. The Hall–Kier alpha value is 0.860. The van der Waals surface area contributed by atoms with Gasteiger partial charge in [0.05, 0.1) is 18.5 Å². The molecule has 0 aromatic carbocycles. The third kappa shape index (κ3) is 20.8. The summed E-state index contributed by atoms with van der Waals surface area (Å²) < 4.78 is 0. The Labute approximate surface area is 152 Å². The molecule has 142 valence electrons. The van der Waals surface area contributed by atoms with Crippen LogP contribution in [0.3, 0.4) is 0 Å². The number of rotatable bonds is 15. The molecule has 0 saturated carbocycles. The van der Waals surface area contributed by atoms with Crippen molar-refractivity contribution >= 4 is 15.8 Å². The van der Waals surface area contributed by atoms with E-state index >= 15 is 0 Å². The van der Waals surface area contributed by atoms with E-state index in [4.69, 9.17) is 0 Å². The summed E-state index contributed by atoms with van der Waals surface area (Å²) in [5, 5.41) is 0. The van der Waals surface area contributed by atoms with Gasteiger partial charge in [-0.15, -0.1) is 8.58 Å². The third-order valence-electron chi connectivity index (χ3n) is 4.57. The molecule has 0 heterocycles. The van der Waals surface area contributed by atoms with Crippen LogP contribution >= 0.6 is 15.8 Å². The van der Waals surface area contributed by atoms with E-state index in [2.05, 4.69) is 41.3 Å². The van der Waals surface area contributed by atoms with Gasteiger partial charge in [-0.05, 0) is 44.4 Å². The molecule has 0 fully saturated rings. The smallest absolute Gasteiger partial charge is 0.0591 e. The first-order chi connectivity index (χ1) is 11.1. The van der Waals surface area contributed by atoms with Crippen molar-refractivity contribution in [2.75, 3.05) is 37.5 Å². The lowest BCUT2D eigenvalue weighted by atomic mass is 10.4. The maximum absolute atomic E-state index is 2.62. The Morgan fingerprint density at radius 2 is 0.826 bits per heavy atom. The van der Waals surface area contributed by atoms with E-state index in [1.807, 2.05) is 0 Å². The van der Waals surface area contributed by atoms with E-state index in [1.165, 1.54) is 85.1 Å². The summed E-state index contributed by atoms with van der Waals surface area (Å²) in [6, 6.07) is 0. The van der Waals surface area contributed by atoms with Gasteiger partial charge in [0.2, 0.25) is 0 Å². The monoisotopic (exact) mass is 363 g/mol. The predicted molar refractivity (Wildman–Crippen MR) is 120 cm³/mol. The van der Waals surface area contributed by atoms with Crippen LogP contribution in [0.2, 0.25) is 0 Å². The van der Waals surface area contributed by atoms with Gasteiger partial charge in [-0.25, -0.2) is 0 Å². The van der Waals surface area contributed by atoms with Crippen LogP contribution in [0.15, 0.2) is 0 Å². The van der Waals surface area contributed by atoms with E-state index in [0.717, 1.165) is 0 Å². The minimum atomic E-state index is -0.519. The molecule has 0 aromatic rings. The summed E-state index contributed by atoms with van der Waals surface area (Å²) in [4.78, 5) is 0. The van der Waals surface area contributed by atoms with Crippen LogP contribution in [0.25, 0.3) is 0 Å². The molecule has 0 N–H and O–H groups in total. The van der Waals surface area contributed by atoms with Gasteiger partial charge >= 0.3 is 0 Å². The summed E-state index contributed by atoms with van der Waals surface area (Å²) >= 11 is 0. The van der Waals surface area contributed by atoms with Gasteiger partial charge in [0, 0.05) is 13.9 Å². The van der Waals surface area contributed by atoms with Crippen LogP contribution in [0, 0.1) is 0 Å². The first-order valence-corrected chi connectivity index (χ1v) is 14.8. The van der Waals surface area contributed by atoms with Crippen LogP contribution in [0.4, 0.5) is 0 Å². The summed E-state index contributed by atoms with van der Waals surface area (Å²) in [5.74, 6) is 0. The van der Waals surface area contributed by atoms with Crippen molar-refractivity contribution in [1.29, 1.82) is 0 Å². The zero-order valence-electron chi connectivity index (χ0n) is 17.6. The second kappa shape index (κ2) is 20.9. The highest BCUT2D eigenvalue weighted by molar-refractivity contribution is 7.75. The second-order valence-electron chi connectivity index (χ2n) is 7.31. The van der Waals surface area contributed by atoms with Crippen molar-refractivity contribution in [1.82, 2.24) is 0 Å². The van der Waals surface area contributed by atoms with Gasteiger partial charge in [-0.2, -0.15) is 0 Å². The summed E-state index contributed by atoms with van der Waals surface area (Å²) in [6.07, 6.45) is 21.8. The van der Waals surface area contributed by atoms with Gasteiger partial charge in [0.1, 0.15) is 0 Å². The molecule has 0 aliphatic rings. The summed E-state index contributed by atoms with van der Waals surface area (Å²) in [7, 11) is 0.727. The average molecular weight is 364 g/mol. The SMILES string of the molecule is CCCCPCCCC.CCCC[P+](C)(CCCC)CCCC. The fraction of sp³-hybridized carbons (Fsp3) is 1.00. The largest absolute Gasteiger partial charge is 0.122 e. The molecule has 0 nitrogen and oxygen atoms in total. The maximum Gasteiger partial charge on any atom is 0.0591 e. The molecule has 0 aromatic heterocycles. The molecule has 0 bridgehead atoms. The lowest BCUT2D eigenvalue weighted by Gasteiger charge is -2.22. The lowest BCUT2D eigenvalue weighted by molar-refractivity contribution is 0.838. The molecule has 0 rings (SSSR count). The van der Waals surface area contributed by atoms with Gasteiger partial charge in [0.15, 0.2) is 0 Å². The van der Waals surface area contributed by atoms with Crippen molar-refractivity contribution < 1.29 is 0 Å². The Morgan fingerprint density at radius 3 is 1.09 bits per heavy atom. The highest BCUT2D eigenvalue weighted by Gasteiger charge is 2.28. The Morgan fingerprint density at radius 1 is 0.522 bits per heavy atom. The third-order valence-corrected chi connectivity index (χ3v) is 10.2. The van der Waals surface area contributed by atoms with Crippen molar-refractivity contribution in [3.63, 3.8) is 0 Å². The fourth-order valence-corrected chi connectivity index (χ4v) is 8.05. The molecule has 0 aliphatic carbocycles. The molecular weight excluding hydrogens is 314 g/mol.